The fraction of sp³-hybridized carbons (Fsp3) is 0.222. The van der Waals surface area contributed by atoms with Gasteiger partial charge in [0.15, 0.2) is 6.10 Å². The summed E-state index contributed by atoms with van der Waals surface area (Å²) in [7, 11) is 0. The number of halogens is 4. The first-order valence-corrected chi connectivity index (χ1v) is 4.94. The molecule has 0 aromatic heterocycles. The van der Waals surface area contributed by atoms with Gasteiger partial charge in [-0.15, -0.1) is 0 Å². The molecule has 8 heteroatoms. The Balaban J connectivity index is 3.34. The number of benzene rings is 1. The lowest BCUT2D eigenvalue weighted by molar-refractivity contribution is -0.147. The summed E-state index contributed by atoms with van der Waals surface area (Å²) >= 11 is 2.68. The SMILES string of the molecule is O=C(O)C(O)c1c(O)cc(C(F)(F)F)cc1Br. The minimum Gasteiger partial charge on any atom is -0.507 e. The van der Waals surface area contributed by atoms with Gasteiger partial charge in [-0.3, -0.25) is 0 Å². The minimum absolute atomic E-state index is 0.334. The third-order valence-electron chi connectivity index (χ3n) is 1.94. The summed E-state index contributed by atoms with van der Waals surface area (Å²) in [5, 5.41) is 27.0. The number of hydrogen-bond donors (Lipinski definition) is 3. The maximum Gasteiger partial charge on any atom is 0.416 e. The number of phenols is 1. The molecule has 0 heterocycles. The highest BCUT2D eigenvalue weighted by Gasteiger charge is 2.33. The van der Waals surface area contributed by atoms with Crippen LogP contribution in [0.15, 0.2) is 16.6 Å². The molecule has 1 unspecified atom stereocenters. The Bertz CT molecular complexity index is 435. The molecule has 0 spiro atoms. The smallest absolute Gasteiger partial charge is 0.416 e. The molecule has 0 aliphatic heterocycles. The van der Waals surface area contributed by atoms with Crippen LogP contribution in [0.3, 0.4) is 0 Å². The standard InChI is InChI=1S/C9H6BrF3O4/c10-4-1-3(9(11,12)13)2-5(14)6(4)7(15)8(16)17/h1-2,7,14-15H,(H,16,17). The first-order valence-electron chi connectivity index (χ1n) is 4.15. The Morgan fingerprint density at radius 2 is 1.88 bits per heavy atom. The normalized spacial score (nSPS) is 13.5. The molecule has 1 atom stereocenters. The molecule has 0 bridgehead atoms. The van der Waals surface area contributed by atoms with E-state index in [9.17, 15) is 28.2 Å². The lowest BCUT2D eigenvalue weighted by Gasteiger charge is -2.14. The van der Waals surface area contributed by atoms with Crippen molar-refractivity contribution in [3.63, 3.8) is 0 Å². The summed E-state index contributed by atoms with van der Waals surface area (Å²) in [6, 6.07) is 0.938. The zero-order chi connectivity index (χ0) is 13.4. The number of hydrogen-bond acceptors (Lipinski definition) is 3. The van der Waals surface area contributed by atoms with E-state index < -0.39 is 35.1 Å². The summed E-state index contributed by atoms with van der Waals surface area (Å²) < 4.78 is 36.7. The van der Waals surface area contributed by atoms with Gasteiger partial charge >= 0.3 is 12.1 Å². The molecule has 0 aliphatic carbocycles. The van der Waals surface area contributed by atoms with Crippen LogP contribution in [0.4, 0.5) is 13.2 Å². The fourth-order valence-corrected chi connectivity index (χ4v) is 1.83. The van der Waals surface area contributed by atoms with E-state index in [1.165, 1.54) is 0 Å². The zero-order valence-corrected chi connectivity index (χ0v) is 9.58. The van der Waals surface area contributed by atoms with Crippen LogP contribution >= 0.6 is 15.9 Å². The Labute approximate surface area is 101 Å². The summed E-state index contributed by atoms with van der Waals surface area (Å²) in [6.07, 6.45) is -6.78. The van der Waals surface area contributed by atoms with Crippen molar-refractivity contribution >= 4 is 21.9 Å². The molecule has 0 fully saturated rings. The van der Waals surface area contributed by atoms with E-state index in [4.69, 9.17) is 5.11 Å². The van der Waals surface area contributed by atoms with E-state index in [0.717, 1.165) is 0 Å². The number of aromatic hydroxyl groups is 1. The summed E-state index contributed by atoms with van der Waals surface area (Å²) in [5.74, 6) is -2.62. The van der Waals surface area contributed by atoms with E-state index in [2.05, 4.69) is 15.9 Å². The molecular formula is C9H6BrF3O4. The maximum atomic E-state index is 12.3. The van der Waals surface area contributed by atoms with Gasteiger partial charge in [-0.1, -0.05) is 15.9 Å². The van der Waals surface area contributed by atoms with Gasteiger partial charge < -0.3 is 15.3 Å². The van der Waals surface area contributed by atoms with E-state index >= 15 is 0 Å². The molecule has 0 saturated heterocycles. The average molecular weight is 315 g/mol. The molecule has 1 aromatic rings. The van der Waals surface area contributed by atoms with Crippen LogP contribution in [-0.2, 0) is 11.0 Å². The van der Waals surface area contributed by atoms with Crippen LogP contribution in [0.2, 0.25) is 0 Å². The number of carboxylic acids is 1. The third-order valence-corrected chi connectivity index (χ3v) is 2.60. The van der Waals surface area contributed by atoms with E-state index in [1.54, 1.807) is 0 Å². The predicted molar refractivity (Wildman–Crippen MR) is 53.4 cm³/mol. The van der Waals surface area contributed by atoms with Gasteiger partial charge in [0.05, 0.1) is 5.56 Å². The molecular weight excluding hydrogens is 309 g/mol. The highest BCUT2D eigenvalue weighted by atomic mass is 79.9. The van der Waals surface area contributed by atoms with Crippen LogP contribution in [0.25, 0.3) is 0 Å². The third kappa shape index (κ3) is 2.89. The highest BCUT2D eigenvalue weighted by Crippen LogP contribution is 2.39. The van der Waals surface area contributed by atoms with Crippen molar-refractivity contribution in [3.05, 3.63) is 27.7 Å². The second kappa shape index (κ2) is 4.53. The van der Waals surface area contributed by atoms with Crippen LogP contribution < -0.4 is 0 Å². The van der Waals surface area contributed by atoms with E-state index in [-0.39, 0.29) is 4.47 Å². The Morgan fingerprint density at radius 3 is 2.24 bits per heavy atom. The summed E-state index contributed by atoms with van der Waals surface area (Å²) in [6.45, 7) is 0. The van der Waals surface area contributed by atoms with Gasteiger partial charge in [-0.05, 0) is 12.1 Å². The van der Waals surface area contributed by atoms with Gasteiger partial charge in [0.25, 0.3) is 0 Å². The number of rotatable bonds is 2. The molecule has 4 nitrogen and oxygen atoms in total. The second-order valence-electron chi connectivity index (χ2n) is 3.13. The van der Waals surface area contributed by atoms with Crippen LogP contribution in [-0.4, -0.2) is 21.3 Å². The number of phenolic OH excluding ortho intramolecular Hbond substituents is 1. The first-order chi connectivity index (χ1) is 7.64. The molecule has 94 valence electrons. The Hall–Kier alpha value is -1.28. The monoisotopic (exact) mass is 314 g/mol. The molecule has 0 radical (unpaired) electrons. The van der Waals surface area contributed by atoms with E-state index in [0.29, 0.717) is 12.1 Å². The predicted octanol–water partition coefficient (Wildman–Crippen LogP) is 2.29. The van der Waals surface area contributed by atoms with Crippen molar-refractivity contribution in [2.45, 2.75) is 12.3 Å². The number of carboxylic acid groups (broad SMARTS) is 1. The van der Waals surface area contributed by atoms with Gasteiger partial charge in [-0.25, -0.2) is 4.79 Å². The van der Waals surface area contributed by atoms with Crippen LogP contribution in [0.5, 0.6) is 5.75 Å². The average Bonchev–Trinajstić information content (AvgIpc) is 2.14. The van der Waals surface area contributed by atoms with Crippen LogP contribution in [0.1, 0.15) is 17.2 Å². The number of aliphatic hydroxyl groups is 1. The van der Waals surface area contributed by atoms with Crippen molar-refractivity contribution in [2.75, 3.05) is 0 Å². The zero-order valence-electron chi connectivity index (χ0n) is 7.99. The first kappa shape index (κ1) is 13.8. The van der Waals surface area contributed by atoms with Crippen LogP contribution in [0, 0.1) is 0 Å². The number of carbonyl (C=O) groups is 1. The minimum atomic E-state index is -4.67. The van der Waals surface area contributed by atoms with Gasteiger partial charge in [0.2, 0.25) is 0 Å². The van der Waals surface area contributed by atoms with Crippen molar-refractivity contribution in [3.8, 4) is 5.75 Å². The lowest BCUT2D eigenvalue weighted by atomic mass is 10.1. The van der Waals surface area contributed by atoms with Crippen molar-refractivity contribution in [1.29, 1.82) is 0 Å². The molecule has 0 amide bonds. The summed E-state index contributed by atoms with van der Waals surface area (Å²) in [4.78, 5) is 10.5. The number of alkyl halides is 3. The van der Waals surface area contributed by atoms with Gasteiger partial charge in [0, 0.05) is 10.0 Å². The molecule has 1 rings (SSSR count). The van der Waals surface area contributed by atoms with Crippen molar-refractivity contribution in [2.24, 2.45) is 0 Å². The fourth-order valence-electron chi connectivity index (χ4n) is 1.16. The quantitative estimate of drug-likeness (QED) is 0.782. The Kier molecular flexibility index (Phi) is 3.68. The number of aliphatic carboxylic acids is 1. The van der Waals surface area contributed by atoms with E-state index in [1.807, 2.05) is 0 Å². The molecule has 1 aromatic carbocycles. The lowest BCUT2D eigenvalue weighted by Crippen LogP contribution is -2.13. The molecule has 3 N–H and O–H groups in total. The van der Waals surface area contributed by atoms with Gasteiger partial charge in [-0.2, -0.15) is 13.2 Å². The summed E-state index contributed by atoms with van der Waals surface area (Å²) in [5.41, 5.74) is -1.67. The molecule has 0 aliphatic rings. The van der Waals surface area contributed by atoms with Gasteiger partial charge in [0.1, 0.15) is 5.75 Å². The van der Waals surface area contributed by atoms with Crippen molar-refractivity contribution in [1.82, 2.24) is 0 Å². The second-order valence-corrected chi connectivity index (χ2v) is 3.98. The largest absolute Gasteiger partial charge is 0.507 e. The molecule has 17 heavy (non-hydrogen) atoms. The maximum absolute atomic E-state index is 12.3. The number of aliphatic hydroxyl groups excluding tert-OH is 1. The Morgan fingerprint density at radius 1 is 1.35 bits per heavy atom. The topological polar surface area (TPSA) is 77.8 Å². The molecule has 0 saturated carbocycles. The van der Waals surface area contributed by atoms with Crippen molar-refractivity contribution < 1.29 is 33.3 Å². The highest BCUT2D eigenvalue weighted by molar-refractivity contribution is 9.10.